The number of esters is 1. The molecule has 0 unspecified atom stereocenters. The molecule has 0 saturated carbocycles. The fraction of sp³-hybridized carbons (Fsp3) is 0.429. The summed E-state index contributed by atoms with van der Waals surface area (Å²) in [6.45, 7) is 2.02. The van der Waals surface area contributed by atoms with E-state index in [-0.39, 0.29) is 18.4 Å². The van der Waals surface area contributed by atoms with E-state index in [1.807, 2.05) is 4.90 Å². The molecular weight excluding hydrogens is 244 g/mol. The molecule has 1 saturated heterocycles. The van der Waals surface area contributed by atoms with E-state index in [0.29, 0.717) is 5.56 Å². The lowest BCUT2D eigenvalue weighted by atomic mass is 10.2. The Hall–Kier alpha value is -2.04. The fourth-order valence-electron chi connectivity index (χ4n) is 2.10. The van der Waals surface area contributed by atoms with Crippen molar-refractivity contribution in [3.05, 3.63) is 29.8 Å². The number of likely N-dealkylation sites (tertiary alicyclic amines) is 1. The van der Waals surface area contributed by atoms with E-state index in [0.717, 1.165) is 31.6 Å². The van der Waals surface area contributed by atoms with Gasteiger partial charge in [-0.1, -0.05) is 0 Å². The second-order valence-electron chi connectivity index (χ2n) is 4.51. The van der Waals surface area contributed by atoms with E-state index in [1.54, 1.807) is 24.3 Å². The van der Waals surface area contributed by atoms with Gasteiger partial charge in [-0.15, -0.1) is 0 Å². The summed E-state index contributed by atoms with van der Waals surface area (Å²) in [6.07, 6.45) is 2.19. The van der Waals surface area contributed by atoms with Gasteiger partial charge in [0, 0.05) is 18.8 Å². The molecule has 2 rings (SSSR count). The van der Waals surface area contributed by atoms with E-state index in [9.17, 15) is 9.59 Å². The van der Waals surface area contributed by atoms with Crippen molar-refractivity contribution in [2.75, 3.05) is 32.1 Å². The first kappa shape index (κ1) is 13.4. The second-order valence-corrected chi connectivity index (χ2v) is 4.51. The van der Waals surface area contributed by atoms with Crippen LogP contribution in [0.5, 0.6) is 0 Å². The van der Waals surface area contributed by atoms with Crippen molar-refractivity contribution >= 4 is 17.6 Å². The monoisotopic (exact) mass is 262 g/mol. The van der Waals surface area contributed by atoms with Crippen molar-refractivity contribution in [2.45, 2.75) is 12.8 Å². The summed E-state index contributed by atoms with van der Waals surface area (Å²) in [4.78, 5) is 25.0. The standard InChI is InChI=1S/C14H18N2O3/c1-19-14(18)11-4-6-12(7-5-11)15-10-13(17)16-8-2-3-9-16/h4-7,15H,2-3,8-10H2,1H3. The molecule has 0 bridgehead atoms. The van der Waals surface area contributed by atoms with E-state index in [2.05, 4.69) is 10.1 Å². The van der Waals surface area contributed by atoms with Gasteiger partial charge >= 0.3 is 5.97 Å². The number of amides is 1. The van der Waals surface area contributed by atoms with E-state index in [4.69, 9.17) is 0 Å². The summed E-state index contributed by atoms with van der Waals surface area (Å²) in [7, 11) is 1.35. The molecule has 0 atom stereocenters. The summed E-state index contributed by atoms with van der Waals surface area (Å²) in [5.41, 5.74) is 1.32. The smallest absolute Gasteiger partial charge is 0.337 e. The summed E-state index contributed by atoms with van der Waals surface area (Å²) in [6, 6.07) is 6.88. The Labute approximate surface area is 112 Å². The number of carbonyl (C=O) groups is 2. The average molecular weight is 262 g/mol. The number of hydrogen-bond acceptors (Lipinski definition) is 4. The van der Waals surface area contributed by atoms with Crippen molar-refractivity contribution in [1.29, 1.82) is 0 Å². The first-order chi connectivity index (χ1) is 9.20. The van der Waals surface area contributed by atoms with Crippen LogP contribution >= 0.6 is 0 Å². The van der Waals surface area contributed by atoms with Gasteiger partial charge in [-0.25, -0.2) is 4.79 Å². The number of carbonyl (C=O) groups excluding carboxylic acids is 2. The Morgan fingerprint density at radius 3 is 2.42 bits per heavy atom. The molecule has 1 aromatic rings. The van der Waals surface area contributed by atoms with Crippen LogP contribution in [0.3, 0.4) is 0 Å². The highest BCUT2D eigenvalue weighted by atomic mass is 16.5. The quantitative estimate of drug-likeness (QED) is 0.836. The van der Waals surface area contributed by atoms with Crippen LogP contribution < -0.4 is 5.32 Å². The van der Waals surface area contributed by atoms with Gasteiger partial charge < -0.3 is 15.0 Å². The molecule has 1 heterocycles. The number of hydrogen-bond donors (Lipinski definition) is 1. The maximum atomic E-state index is 11.8. The first-order valence-corrected chi connectivity index (χ1v) is 6.41. The van der Waals surface area contributed by atoms with Crippen molar-refractivity contribution in [2.24, 2.45) is 0 Å². The normalized spacial score (nSPS) is 14.3. The molecule has 5 heteroatoms. The molecule has 1 amide bonds. The molecule has 1 fully saturated rings. The van der Waals surface area contributed by atoms with Gasteiger partial charge in [0.05, 0.1) is 19.2 Å². The number of rotatable bonds is 4. The van der Waals surface area contributed by atoms with Crippen LogP contribution in [0.25, 0.3) is 0 Å². The Morgan fingerprint density at radius 2 is 1.84 bits per heavy atom. The van der Waals surface area contributed by atoms with Gasteiger partial charge in [0.2, 0.25) is 5.91 Å². The predicted molar refractivity (Wildman–Crippen MR) is 72.1 cm³/mol. The summed E-state index contributed by atoms with van der Waals surface area (Å²) < 4.78 is 4.62. The highest BCUT2D eigenvalue weighted by molar-refractivity contribution is 5.89. The van der Waals surface area contributed by atoms with Crippen molar-refractivity contribution in [3.8, 4) is 0 Å². The minimum Gasteiger partial charge on any atom is -0.465 e. The molecule has 0 spiro atoms. The lowest BCUT2D eigenvalue weighted by Gasteiger charge is -2.16. The Kier molecular flexibility index (Phi) is 4.39. The third kappa shape index (κ3) is 3.47. The summed E-state index contributed by atoms with van der Waals surface area (Å²) >= 11 is 0. The molecular formula is C14H18N2O3. The van der Waals surface area contributed by atoms with Crippen LogP contribution in [-0.4, -0.2) is 43.5 Å². The van der Waals surface area contributed by atoms with Crippen molar-refractivity contribution < 1.29 is 14.3 Å². The Morgan fingerprint density at radius 1 is 1.21 bits per heavy atom. The van der Waals surface area contributed by atoms with Crippen molar-refractivity contribution in [3.63, 3.8) is 0 Å². The van der Waals surface area contributed by atoms with Gasteiger partial charge in [-0.2, -0.15) is 0 Å². The lowest BCUT2D eigenvalue weighted by molar-refractivity contribution is -0.128. The zero-order chi connectivity index (χ0) is 13.7. The van der Waals surface area contributed by atoms with Crippen LogP contribution in [0.1, 0.15) is 23.2 Å². The van der Waals surface area contributed by atoms with Crippen LogP contribution in [0.4, 0.5) is 5.69 Å². The largest absolute Gasteiger partial charge is 0.465 e. The number of nitrogens with zero attached hydrogens (tertiary/aromatic N) is 1. The SMILES string of the molecule is COC(=O)c1ccc(NCC(=O)N2CCCC2)cc1. The molecule has 19 heavy (non-hydrogen) atoms. The van der Waals surface area contributed by atoms with Gasteiger partial charge in [-0.3, -0.25) is 4.79 Å². The Balaban J connectivity index is 1.85. The molecule has 0 aromatic heterocycles. The maximum Gasteiger partial charge on any atom is 0.337 e. The maximum absolute atomic E-state index is 11.8. The molecule has 1 aromatic carbocycles. The van der Waals surface area contributed by atoms with Gasteiger partial charge in [-0.05, 0) is 37.1 Å². The predicted octanol–water partition coefficient (Wildman–Crippen LogP) is 1.51. The summed E-state index contributed by atoms with van der Waals surface area (Å²) in [5.74, 6) is -0.241. The Bertz CT molecular complexity index is 450. The van der Waals surface area contributed by atoms with E-state index >= 15 is 0 Å². The number of nitrogens with one attached hydrogen (secondary N) is 1. The van der Waals surface area contributed by atoms with Crippen LogP contribution in [0.15, 0.2) is 24.3 Å². The van der Waals surface area contributed by atoms with Gasteiger partial charge in [0.1, 0.15) is 0 Å². The molecule has 102 valence electrons. The minimum atomic E-state index is -0.361. The third-order valence-corrected chi connectivity index (χ3v) is 3.21. The zero-order valence-electron chi connectivity index (χ0n) is 11.0. The van der Waals surface area contributed by atoms with E-state index < -0.39 is 0 Å². The number of benzene rings is 1. The molecule has 1 N–H and O–H groups in total. The average Bonchev–Trinajstić information content (AvgIpc) is 2.98. The molecule has 5 nitrogen and oxygen atoms in total. The van der Waals surface area contributed by atoms with Crippen LogP contribution in [0.2, 0.25) is 0 Å². The number of ether oxygens (including phenoxy) is 1. The molecule has 0 aliphatic carbocycles. The lowest BCUT2D eigenvalue weighted by Crippen LogP contribution is -2.32. The molecule has 0 radical (unpaired) electrons. The molecule has 1 aliphatic heterocycles. The van der Waals surface area contributed by atoms with E-state index in [1.165, 1.54) is 7.11 Å². The second kappa shape index (κ2) is 6.22. The fourth-order valence-corrected chi connectivity index (χ4v) is 2.10. The van der Waals surface area contributed by atoms with Crippen LogP contribution in [-0.2, 0) is 9.53 Å². The topological polar surface area (TPSA) is 58.6 Å². The third-order valence-electron chi connectivity index (χ3n) is 3.21. The number of anilines is 1. The van der Waals surface area contributed by atoms with Gasteiger partial charge in [0.25, 0.3) is 0 Å². The van der Waals surface area contributed by atoms with Gasteiger partial charge in [0.15, 0.2) is 0 Å². The highest BCUT2D eigenvalue weighted by Crippen LogP contribution is 2.11. The zero-order valence-corrected chi connectivity index (χ0v) is 11.0. The highest BCUT2D eigenvalue weighted by Gasteiger charge is 2.17. The minimum absolute atomic E-state index is 0.120. The number of methoxy groups -OCH3 is 1. The molecule has 1 aliphatic rings. The summed E-state index contributed by atoms with van der Waals surface area (Å²) in [5, 5.41) is 3.06. The first-order valence-electron chi connectivity index (χ1n) is 6.41. The van der Waals surface area contributed by atoms with Crippen LogP contribution in [0, 0.1) is 0 Å². The van der Waals surface area contributed by atoms with Crippen molar-refractivity contribution in [1.82, 2.24) is 4.90 Å².